The van der Waals surface area contributed by atoms with Gasteiger partial charge in [-0.25, -0.2) is 0 Å². The maximum absolute atomic E-state index is 14.1. The molecule has 0 radical (unpaired) electrons. The number of carbonyl (C=O) groups is 1. The van der Waals surface area contributed by atoms with E-state index < -0.39 is 23.8 Å². The van der Waals surface area contributed by atoms with Gasteiger partial charge in [0.15, 0.2) is 0 Å². The Bertz CT molecular complexity index is 1370. The van der Waals surface area contributed by atoms with Crippen LogP contribution in [0.1, 0.15) is 58.2 Å². The zero-order chi connectivity index (χ0) is 27.0. The van der Waals surface area contributed by atoms with Gasteiger partial charge in [0.2, 0.25) is 0 Å². The summed E-state index contributed by atoms with van der Waals surface area (Å²) in [6.45, 7) is 0.286. The molecule has 38 heavy (non-hydrogen) atoms. The van der Waals surface area contributed by atoms with E-state index >= 15 is 0 Å². The van der Waals surface area contributed by atoms with Crippen LogP contribution in [0.4, 0.5) is 13.2 Å². The highest BCUT2D eigenvalue weighted by molar-refractivity contribution is 5.69. The van der Waals surface area contributed by atoms with Gasteiger partial charge < -0.3 is 24.1 Å². The van der Waals surface area contributed by atoms with Crippen LogP contribution in [0.5, 0.6) is 23.0 Å². The van der Waals surface area contributed by atoms with E-state index in [0.29, 0.717) is 47.0 Å². The fourth-order valence-electron chi connectivity index (χ4n) is 5.41. The first kappa shape index (κ1) is 25.8. The molecular weight excluding hydrogens is 501 g/mol. The van der Waals surface area contributed by atoms with E-state index in [0.717, 1.165) is 17.2 Å². The van der Waals surface area contributed by atoms with Gasteiger partial charge in [-0.1, -0.05) is 12.1 Å². The summed E-state index contributed by atoms with van der Waals surface area (Å²) in [5.41, 5.74) is 2.31. The minimum atomic E-state index is -4.51. The van der Waals surface area contributed by atoms with Crippen molar-refractivity contribution in [2.24, 2.45) is 0 Å². The number of ether oxygens (including phenoxy) is 4. The average molecular weight is 529 g/mol. The van der Waals surface area contributed by atoms with Crippen molar-refractivity contribution < 1.29 is 42.0 Å². The zero-order valence-electron chi connectivity index (χ0n) is 20.9. The van der Waals surface area contributed by atoms with E-state index in [1.807, 2.05) is 0 Å². The molecular formula is C29H27F3O6. The summed E-state index contributed by atoms with van der Waals surface area (Å²) in [5, 5.41) is 9.11. The molecule has 1 N–H and O–H groups in total. The predicted molar refractivity (Wildman–Crippen MR) is 132 cm³/mol. The van der Waals surface area contributed by atoms with Crippen LogP contribution in [0.15, 0.2) is 48.5 Å². The minimum Gasteiger partial charge on any atom is -0.497 e. The van der Waals surface area contributed by atoms with Crippen LogP contribution in [-0.4, -0.2) is 31.9 Å². The number of alkyl halides is 3. The highest BCUT2D eigenvalue weighted by Crippen LogP contribution is 2.45. The first-order chi connectivity index (χ1) is 18.2. The molecule has 5 rings (SSSR count). The average Bonchev–Trinajstić information content (AvgIpc) is 3.47. The first-order valence-corrected chi connectivity index (χ1v) is 12.3. The lowest BCUT2D eigenvalue weighted by molar-refractivity contribution is -0.138. The van der Waals surface area contributed by atoms with E-state index in [1.54, 1.807) is 36.4 Å². The molecule has 1 aliphatic carbocycles. The minimum absolute atomic E-state index is 0.0222. The molecule has 0 saturated carbocycles. The summed E-state index contributed by atoms with van der Waals surface area (Å²) < 4.78 is 64.9. The molecule has 3 aromatic rings. The highest BCUT2D eigenvalue weighted by Gasteiger charge is 2.38. The zero-order valence-corrected chi connectivity index (χ0v) is 20.9. The molecule has 0 saturated heterocycles. The lowest BCUT2D eigenvalue weighted by atomic mass is 9.91. The molecule has 0 bridgehead atoms. The Morgan fingerprint density at radius 2 is 1.79 bits per heavy atom. The molecule has 0 amide bonds. The Labute approximate surface area is 217 Å². The molecule has 1 unspecified atom stereocenters. The molecule has 6 nitrogen and oxygen atoms in total. The van der Waals surface area contributed by atoms with Gasteiger partial charge >= 0.3 is 12.1 Å². The standard InChI is InChI=1S/C29H27F3O6/c1-35-18-4-9-25(36-2)16(11-18)12-23-21-7-10-26(22(21)6-8-24(23)29(30,31)32)38-19-3-5-20-17(13-28(33)34)15-37-27(20)14-19/h3-6,8-9,11,14,17,26H,7,10,12-13,15H2,1-2H3,(H,33,34)/t17?,26-/m1/s1. The maximum atomic E-state index is 14.1. The van der Waals surface area contributed by atoms with Gasteiger partial charge in [-0.2, -0.15) is 13.2 Å². The Morgan fingerprint density at radius 3 is 2.50 bits per heavy atom. The van der Waals surface area contributed by atoms with Crippen LogP contribution >= 0.6 is 0 Å². The van der Waals surface area contributed by atoms with Crippen molar-refractivity contribution >= 4 is 5.97 Å². The lowest BCUT2D eigenvalue weighted by Gasteiger charge is -2.20. The molecule has 0 spiro atoms. The van der Waals surface area contributed by atoms with Gasteiger partial charge in [-0.05, 0) is 59.9 Å². The third-order valence-corrected chi connectivity index (χ3v) is 7.20. The van der Waals surface area contributed by atoms with Gasteiger partial charge in [0.05, 0.1) is 32.8 Å². The quantitative estimate of drug-likeness (QED) is 0.368. The van der Waals surface area contributed by atoms with Crippen molar-refractivity contribution in [3.63, 3.8) is 0 Å². The summed E-state index contributed by atoms with van der Waals surface area (Å²) in [6, 6.07) is 13.0. The monoisotopic (exact) mass is 528 g/mol. The lowest BCUT2D eigenvalue weighted by Crippen LogP contribution is -2.13. The summed E-state index contributed by atoms with van der Waals surface area (Å²) in [6.07, 6.45) is -3.97. The molecule has 1 aliphatic heterocycles. The summed E-state index contributed by atoms with van der Waals surface area (Å²) in [5.74, 6) is 1.00. The molecule has 9 heteroatoms. The molecule has 2 aliphatic rings. The van der Waals surface area contributed by atoms with Crippen LogP contribution in [0.3, 0.4) is 0 Å². The van der Waals surface area contributed by atoms with Crippen molar-refractivity contribution in [2.75, 3.05) is 20.8 Å². The fourth-order valence-corrected chi connectivity index (χ4v) is 5.41. The molecule has 200 valence electrons. The summed E-state index contributed by atoms with van der Waals surface area (Å²) in [7, 11) is 2.99. The van der Waals surface area contributed by atoms with E-state index in [9.17, 15) is 18.0 Å². The topological polar surface area (TPSA) is 74.2 Å². The van der Waals surface area contributed by atoms with Crippen molar-refractivity contribution in [3.8, 4) is 23.0 Å². The van der Waals surface area contributed by atoms with Gasteiger partial charge in [0.1, 0.15) is 29.1 Å². The number of benzene rings is 3. The largest absolute Gasteiger partial charge is 0.497 e. The summed E-state index contributed by atoms with van der Waals surface area (Å²) >= 11 is 0. The van der Waals surface area contributed by atoms with E-state index in [2.05, 4.69) is 0 Å². The number of halogens is 3. The predicted octanol–water partition coefficient (Wildman–Crippen LogP) is 6.33. The smallest absolute Gasteiger partial charge is 0.416 e. The number of carboxylic acids is 1. The third-order valence-electron chi connectivity index (χ3n) is 7.20. The molecule has 1 heterocycles. The SMILES string of the molecule is COc1ccc(OC)c(Cc2c(C(F)(F)F)ccc3c2CC[C@H]3Oc2ccc3c(c2)OCC3CC(=O)O)c1. The van der Waals surface area contributed by atoms with Crippen LogP contribution in [0, 0.1) is 0 Å². The second-order valence-electron chi connectivity index (χ2n) is 9.46. The van der Waals surface area contributed by atoms with E-state index in [-0.39, 0.29) is 30.9 Å². The number of fused-ring (bicyclic) bond motifs is 2. The number of hydrogen-bond donors (Lipinski definition) is 1. The van der Waals surface area contributed by atoms with Crippen molar-refractivity contribution in [2.45, 2.75) is 43.9 Å². The number of aliphatic carboxylic acids is 1. The van der Waals surface area contributed by atoms with E-state index in [1.165, 1.54) is 20.3 Å². The van der Waals surface area contributed by atoms with Crippen molar-refractivity contribution in [1.29, 1.82) is 0 Å². The Hall–Kier alpha value is -3.88. The van der Waals surface area contributed by atoms with E-state index in [4.69, 9.17) is 24.1 Å². The second kappa shape index (κ2) is 10.1. The van der Waals surface area contributed by atoms with Gasteiger partial charge in [-0.15, -0.1) is 0 Å². The molecule has 0 fully saturated rings. The molecule has 2 atom stereocenters. The highest BCUT2D eigenvalue weighted by atomic mass is 19.4. The number of methoxy groups -OCH3 is 2. The first-order valence-electron chi connectivity index (χ1n) is 12.3. The van der Waals surface area contributed by atoms with Crippen LogP contribution < -0.4 is 18.9 Å². The molecule has 3 aromatic carbocycles. The Kier molecular flexibility index (Phi) is 6.86. The van der Waals surface area contributed by atoms with Crippen molar-refractivity contribution in [1.82, 2.24) is 0 Å². The number of carboxylic acid groups (broad SMARTS) is 1. The third kappa shape index (κ3) is 4.97. The van der Waals surface area contributed by atoms with Gasteiger partial charge in [0.25, 0.3) is 0 Å². The van der Waals surface area contributed by atoms with Crippen LogP contribution in [-0.2, 0) is 23.8 Å². The van der Waals surface area contributed by atoms with Gasteiger partial charge in [-0.3, -0.25) is 4.79 Å². The normalized spacial score (nSPS) is 17.9. The molecule has 0 aromatic heterocycles. The number of rotatable bonds is 8. The second-order valence-corrected chi connectivity index (χ2v) is 9.46. The Balaban J connectivity index is 1.46. The number of hydrogen-bond acceptors (Lipinski definition) is 5. The van der Waals surface area contributed by atoms with Crippen LogP contribution in [0.25, 0.3) is 0 Å². The van der Waals surface area contributed by atoms with Crippen molar-refractivity contribution in [3.05, 3.63) is 81.9 Å². The van der Waals surface area contributed by atoms with Gasteiger partial charge in [0, 0.05) is 29.5 Å². The Morgan fingerprint density at radius 1 is 1.03 bits per heavy atom. The summed E-state index contributed by atoms with van der Waals surface area (Å²) in [4.78, 5) is 11.1. The van der Waals surface area contributed by atoms with Crippen LogP contribution in [0.2, 0.25) is 0 Å². The maximum Gasteiger partial charge on any atom is 0.416 e. The fraction of sp³-hybridized carbons (Fsp3) is 0.345.